The van der Waals surface area contributed by atoms with Crippen LogP contribution in [-0.2, 0) is 4.79 Å². The van der Waals surface area contributed by atoms with Gasteiger partial charge in [-0.25, -0.2) is 0 Å². The Hall–Kier alpha value is -0.370. The first-order chi connectivity index (χ1) is 5.99. The summed E-state index contributed by atoms with van der Waals surface area (Å²) >= 11 is 0. The van der Waals surface area contributed by atoms with Crippen LogP contribution in [0.1, 0.15) is 47.0 Å². The SMILES string of the molecule is CCCC(C)N(C)C(C)CC(C)=O. The summed E-state index contributed by atoms with van der Waals surface area (Å²) in [5.74, 6) is 0.281. The van der Waals surface area contributed by atoms with Gasteiger partial charge in [-0.15, -0.1) is 0 Å². The molecule has 0 saturated heterocycles. The predicted octanol–water partition coefficient (Wildman–Crippen LogP) is 2.47. The highest BCUT2D eigenvalue weighted by atomic mass is 16.1. The molecule has 0 aliphatic carbocycles. The van der Waals surface area contributed by atoms with E-state index in [-0.39, 0.29) is 5.78 Å². The summed E-state index contributed by atoms with van der Waals surface area (Å²) in [6, 6.07) is 0.957. The Morgan fingerprint density at radius 1 is 1.31 bits per heavy atom. The first-order valence-electron chi connectivity index (χ1n) is 5.20. The van der Waals surface area contributed by atoms with Crippen LogP contribution in [0.3, 0.4) is 0 Å². The van der Waals surface area contributed by atoms with Crippen molar-refractivity contribution in [2.24, 2.45) is 0 Å². The molecule has 13 heavy (non-hydrogen) atoms. The first kappa shape index (κ1) is 12.6. The Balaban J connectivity index is 3.92. The van der Waals surface area contributed by atoms with Crippen molar-refractivity contribution in [2.45, 2.75) is 59.0 Å². The van der Waals surface area contributed by atoms with Crippen molar-refractivity contribution < 1.29 is 4.79 Å². The summed E-state index contributed by atoms with van der Waals surface area (Å²) in [5.41, 5.74) is 0. The normalized spacial score (nSPS) is 15.8. The highest BCUT2D eigenvalue weighted by molar-refractivity contribution is 5.76. The molecule has 2 unspecified atom stereocenters. The van der Waals surface area contributed by atoms with E-state index in [2.05, 4.69) is 32.7 Å². The second-order valence-electron chi connectivity index (χ2n) is 4.06. The molecular weight excluding hydrogens is 162 g/mol. The summed E-state index contributed by atoms with van der Waals surface area (Å²) in [6.07, 6.45) is 3.08. The smallest absolute Gasteiger partial charge is 0.131 e. The second kappa shape index (κ2) is 6.14. The average Bonchev–Trinajstić information content (AvgIpc) is 2.02. The Bertz CT molecular complexity index is 156. The van der Waals surface area contributed by atoms with Crippen LogP contribution in [0.2, 0.25) is 0 Å². The first-order valence-corrected chi connectivity index (χ1v) is 5.20. The van der Waals surface area contributed by atoms with E-state index in [9.17, 15) is 4.79 Å². The fourth-order valence-electron chi connectivity index (χ4n) is 1.62. The van der Waals surface area contributed by atoms with Gasteiger partial charge >= 0.3 is 0 Å². The molecule has 0 saturated carbocycles. The van der Waals surface area contributed by atoms with Crippen LogP contribution in [0.15, 0.2) is 0 Å². The minimum absolute atomic E-state index is 0.281. The fraction of sp³-hybridized carbons (Fsp3) is 0.909. The van der Waals surface area contributed by atoms with Crippen molar-refractivity contribution in [1.29, 1.82) is 0 Å². The number of nitrogens with zero attached hydrogens (tertiary/aromatic N) is 1. The highest BCUT2D eigenvalue weighted by Gasteiger charge is 2.15. The van der Waals surface area contributed by atoms with Crippen molar-refractivity contribution in [3.8, 4) is 0 Å². The molecule has 2 nitrogen and oxygen atoms in total. The Kier molecular flexibility index (Phi) is 5.97. The van der Waals surface area contributed by atoms with Crippen molar-refractivity contribution in [2.75, 3.05) is 7.05 Å². The van der Waals surface area contributed by atoms with Crippen LogP contribution < -0.4 is 0 Å². The van der Waals surface area contributed by atoms with Crippen molar-refractivity contribution >= 4 is 5.78 Å². The quantitative estimate of drug-likeness (QED) is 0.633. The van der Waals surface area contributed by atoms with E-state index >= 15 is 0 Å². The topological polar surface area (TPSA) is 20.3 Å². The van der Waals surface area contributed by atoms with Crippen LogP contribution in [0.4, 0.5) is 0 Å². The molecule has 2 heteroatoms. The average molecular weight is 185 g/mol. The van der Waals surface area contributed by atoms with Gasteiger partial charge in [-0.2, -0.15) is 0 Å². The molecule has 0 aliphatic heterocycles. The van der Waals surface area contributed by atoms with E-state index in [0.29, 0.717) is 18.5 Å². The monoisotopic (exact) mass is 185 g/mol. The maximum atomic E-state index is 10.9. The van der Waals surface area contributed by atoms with E-state index in [1.165, 1.54) is 12.8 Å². The second-order valence-corrected chi connectivity index (χ2v) is 4.06. The molecule has 0 amide bonds. The maximum Gasteiger partial charge on any atom is 0.131 e. The molecule has 0 aromatic heterocycles. The van der Waals surface area contributed by atoms with Gasteiger partial charge in [0, 0.05) is 18.5 Å². The lowest BCUT2D eigenvalue weighted by Crippen LogP contribution is -2.37. The van der Waals surface area contributed by atoms with E-state index in [4.69, 9.17) is 0 Å². The molecule has 0 aromatic rings. The highest BCUT2D eigenvalue weighted by Crippen LogP contribution is 2.10. The number of carbonyl (C=O) groups is 1. The number of rotatable bonds is 6. The predicted molar refractivity (Wildman–Crippen MR) is 56.9 cm³/mol. The van der Waals surface area contributed by atoms with Crippen LogP contribution >= 0.6 is 0 Å². The van der Waals surface area contributed by atoms with Gasteiger partial charge in [0.15, 0.2) is 0 Å². The molecule has 0 heterocycles. The van der Waals surface area contributed by atoms with E-state index in [0.717, 1.165) is 0 Å². The molecule has 0 aliphatic rings. The van der Waals surface area contributed by atoms with Crippen molar-refractivity contribution in [3.05, 3.63) is 0 Å². The molecule has 0 N–H and O–H groups in total. The van der Waals surface area contributed by atoms with Crippen LogP contribution in [0.5, 0.6) is 0 Å². The number of carbonyl (C=O) groups excluding carboxylic acids is 1. The third-order valence-corrected chi connectivity index (χ3v) is 2.68. The zero-order chi connectivity index (χ0) is 10.4. The Labute approximate surface area is 82.3 Å². The molecule has 0 fully saturated rings. The number of Topliss-reactive ketones (excluding diaryl/α,β-unsaturated/α-hetero) is 1. The van der Waals surface area contributed by atoms with E-state index < -0.39 is 0 Å². The minimum Gasteiger partial charge on any atom is -0.301 e. The zero-order valence-electron chi connectivity index (χ0n) is 9.63. The van der Waals surface area contributed by atoms with Gasteiger partial charge < -0.3 is 4.90 Å². The number of hydrogen-bond acceptors (Lipinski definition) is 2. The number of hydrogen-bond donors (Lipinski definition) is 0. The van der Waals surface area contributed by atoms with Gasteiger partial charge in [-0.05, 0) is 34.2 Å². The lowest BCUT2D eigenvalue weighted by Gasteiger charge is -2.30. The van der Waals surface area contributed by atoms with Gasteiger partial charge in [0.25, 0.3) is 0 Å². The Morgan fingerprint density at radius 3 is 2.23 bits per heavy atom. The molecule has 2 atom stereocenters. The standard InChI is InChI=1S/C11H23NO/c1-6-7-9(2)12(5)10(3)8-11(4)13/h9-10H,6-8H2,1-5H3. The van der Waals surface area contributed by atoms with Crippen molar-refractivity contribution in [3.63, 3.8) is 0 Å². The van der Waals surface area contributed by atoms with E-state index in [1.54, 1.807) is 6.92 Å². The third-order valence-electron chi connectivity index (χ3n) is 2.68. The fourth-order valence-corrected chi connectivity index (χ4v) is 1.62. The molecule has 0 aromatic carbocycles. The molecule has 0 rings (SSSR count). The zero-order valence-corrected chi connectivity index (χ0v) is 9.63. The third kappa shape index (κ3) is 5.04. The van der Waals surface area contributed by atoms with Gasteiger partial charge in [-0.3, -0.25) is 4.79 Å². The van der Waals surface area contributed by atoms with Gasteiger partial charge in [0.05, 0.1) is 0 Å². The van der Waals surface area contributed by atoms with Crippen LogP contribution in [-0.4, -0.2) is 29.8 Å². The largest absolute Gasteiger partial charge is 0.301 e. The summed E-state index contributed by atoms with van der Waals surface area (Å²) in [4.78, 5) is 13.2. The van der Waals surface area contributed by atoms with Gasteiger partial charge in [-0.1, -0.05) is 13.3 Å². The van der Waals surface area contributed by atoms with Crippen LogP contribution in [0.25, 0.3) is 0 Å². The van der Waals surface area contributed by atoms with Gasteiger partial charge in [0.2, 0.25) is 0 Å². The molecule has 78 valence electrons. The van der Waals surface area contributed by atoms with Gasteiger partial charge in [0.1, 0.15) is 5.78 Å². The van der Waals surface area contributed by atoms with Crippen LogP contribution in [0, 0.1) is 0 Å². The van der Waals surface area contributed by atoms with Crippen molar-refractivity contribution in [1.82, 2.24) is 4.90 Å². The lowest BCUT2D eigenvalue weighted by molar-refractivity contribution is -0.118. The molecule has 0 bridgehead atoms. The minimum atomic E-state index is 0.281. The summed E-state index contributed by atoms with van der Waals surface area (Å²) < 4.78 is 0. The molecule has 0 radical (unpaired) electrons. The summed E-state index contributed by atoms with van der Waals surface area (Å²) in [7, 11) is 2.11. The Morgan fingerprint density at radius 2 is 1.85 bits per heavy atom. The summed E-state index contributed by atoms with van der Waals surface area (Å²) in [5, 5.41) is 0. The number of ketones is 1. The summed E-state index contributed by atoms with van der Waals surface area (Å²) in [6.45, 7) is 8.20. The molecule has 0 spiro atoms. The molecular formula is C11H23NO. The van der Waals surface area contributed by atoms with E-state index in [1.807, 2.05) is 0 Å². The maximum absolute atomic E-state index is 10.9. The lowest BCUT2D eigenvalue weighted by atomic mass is 10.1.